The number of aryl methyl sites for hydroxylation is 1. The number of fused-ring (bicyclic) bond motifs is 1. The van der Waals surface area contributed by atoms with Crippen LogP contribution in [0, 0.1) is 12.3 Å². The van der Waals surface area contributed by atoms with Crippen LogP contribution >= 0.6 is 0 Å². The smallest absolute Gasteiger partial charge is 0.248 e. The predicted molar refractivity (Wildman–Crippen MR) is 188 cm³/mol. The van der Waals surface area contributed by atoms with Crippen molar-refractivity contribution in [2.45, 2.75) is 128 Å². The molecule has 3 fully saturated rings. The number of piperidine rings is 1. The third-order valence-corrected chi connectivity index (χ3v) is 11.2. The van der Waals surface area contributed by atoms with Crippen molar-refractivity contribution in [3.05, 3.63) is 75.9 Å². The van der Waals surface area contributed by atoms with Crippen molar-refractivity contribution in [2.75, 3.05) is 31.2 Å². The molecule has 3 atom stereocenters. The quantitative estimate of drug-likeness (QED) is 0.250. The fourth-order valence-electron chi connectivity index (χ4n) is 8.54. The maximum Gasteiger partial charge on any atom is 0.248 e. The number of rotatable bonds is 8. The Morgan fingerprint density at radius 2 is 1.63 bits per heavy atom. The van der Waals surface area contributed by atoms with E-state index in [1.807, 2.05) is 45.0 Å². The van der Waals surface area contributed by atoms with Crippen molar-refractivity contribution in [2.24, 2.45) is 5.41 Å². The number of hydrogen-bond donors (Lipinski definition) is 1. The normalized spacial score (nSPS) is 25.4. The Hall–Kier alpha value is -3.28. The van der Waals surface area contributed by atoms with Crippen molar-refractivity contribution >= 4 is 5.95 Å². The lowest BCUT2D eigenvalue weighted by molar-refractivity contribution is -0.141. The molecule has 1 N–H and O–H groups in total. The number of aliphatic hydroxyl groups is 1. The molecule has 1 saturated carbocycles. The lowest BCUT2D eigenvalue weighted by atomic mass is 9.68. The highest BCUT2D eigenvalue weighted by Gasteiger charge is 2.43. The van der Waals surface area contributed by atoms with Gasteiger partial charge in [0.05, 0.1) is 30.8 Å². The summed E-state index contributed by atoms with van der Waals surface area (Å²) >= 11 is 0. The number of aromatic nitrogens is 3. The van der Waals surface area contributed by atoms with Crippen molar-refractivity contribution in [3.8, 4) is 5.75 Å². The SMILES string of the molecule is Cc1ccc([C@H](F)c2c(C3CCN(c4ncc(OCC5COC(C)(C)O5)cn4)CC3)nc3c(c2C2CCC(F)(F)CC2)[C@@H](O)CC(C)(C)C3)cc1. The van der Waals surface area contributed by atoms with E-state index in [2.05, 4.69) is 28.7 Å². The molecule has 7 rings (SSSR count). The highest BCUT2D eigenvalue weighted by molar-refractivity contribution is 5.51. The van der Waals surface area contributed by atoms with Crippen LogP contribution in [0.15, 0.2) is 36.7 Å². The molecule has 2 aliphatic heterocycles. The average Bonchev–Trinajstić information content (AvgIpc) is 3.44. The molecule has 276 valence electrons. The zero-order valence-corrected chi connectivity index (χ0v) is 30.4. The van der Waals surface area contributed by atoms with E-state index in [9.17, 15) is 13.9 Å². The summed E-state index contributed by atoms with van der Waals surface area (Å²) in [4.78, 5) is 16.6. The van der Waals surface area contributed by atoms with Crippen LogP contribution in [0.1, 0.15) is 136 Å². The van der Waals surface area contributed by atoms with Gasteiger partial charge in [0.2, 0.25) is 11.9 Å². The molecule has 2 aliphatic carbocycles. The summed E-state index contributed by atoms with van der Waals surface area (Å²) in [6.45, 7) is 12.0. The van der Waals surface area contributed by atoms with Crippen LogP contribution in [-0.4, -0.2) is 64.2 Å². The first-order valence-electron chi connectivity index (χ1n) is 18.5. The third kappa shape index (κ3) is 7.90. The molecule has 1 unspecified atom stereocenters. The average molecular weight is 709 g/mol. The first-order chi connectivity index (χ1) is 24.2. The van der Waals surface area contributed by atoms with Crippen LogP contribution in [0.25, 0.3) is 0 Å². The molecule has 0 spiro atoms. The number of anilines is 1. The van der Waals surface area contributed by atoms with Gasteiger partial charge in [0.1, 0.15) is 12.7 Å². The summed E-state index contributed by atoms with van der Waals surface area (Å²) in [5.74, 6) is -2.53. The minimum atomic E-state index is -2.73. The monoisotopic (exact) mass is 708 g/mol. The zero-order chi connectivity index (χ0) is 36.1. The first kappa shape index (κ1) is 36.1. The van der Waals surface area contributed by atoms with Crippen molar-refractivity contribution in [1.82, 2.24) is 15.0 Å². The van der Waals surface area contributed by atoms with E-state index in [1.165, 1.54) is 0 Å². The topological polar surface area (TPSA) is 89.8 Å². The molecule has 2 aromatic heterocycles. The van der Waals surface area contributed by atoms with Crippen LogP contribution in [0.3, 0.4) is 0 Å². The van der Waals surface area contributed by atoms with Gasteiger partial charge < -0.3 is 24.2 Å². The van der Waals surface area contributed by atoms with E-state index in [1.54, 1.807) is 12.4 Å². The lowest BCUT2D eigenvalue weighted by Gasteiger charge is -2.41. The Kier molecular flexibility index (Phi) is 9.86. The summed E-state index contributed by atoms with van der Waals surface area (Å²) in [5, 5.41) is 11.7. The van der Waals surface area contributed by atoms with Crippen molar-refractivity contribution in [3.63, 3.8) is 0 Å². The van der Waals surface area contributed by atoms with Crippen LogP contribution in [-0.2, 0) is 15.9 Å². The van der Waals surface area contributed by atoms with Crippen LogP contribution in [0.5, 0.6) is 5.75 Å². The summed E-state index contributed by atoms with van der Waals surface area (Å²) in [7, 11) is 0. The fourth-order valence-corrected chi connectivity index (χ4v) is 8.54. The number of alkyl halides is 3. The Balaban J connectivity index is 1.18. The van der Waals surface area contributed by atoms with Crippen molar-refractivity contribution in [1.29, 1.82) is 0 Å². The van der Waals surface area contributed by atoms with Gasteiger partial charge in [-0.2, -0.15) is 0 Å². The number of aliphatic hydroxyl groups excluding tert-OH is 1. The molecular weight excluding hydrogens is 657 g/mol. The third-order valence-electron chi connectivity index (χ3n) is 11.2. The van der Waals surface area contributed by atoms with E-state index in [0.717, 1.165) is 16.8 Å². The van der Waals surface area contributed by atoms with E-state index >= 15 is 4.39 Å². The van der Waals surface area contributed by atoms with Crippen LogP contribution in [0.4, 0.5) is 19.1 Å². The van der Waals surface area contributed by atoms with Gasteiger partial charge in [-0.05, 0) is 81.8 Å². The molecule has 11 heteroatoms. The second-order valence-electron chi connectivity index (χ2n) is 16.4. The molecule has 8 nitrogen and oxygen atoms in total. The molecular formula is C40H51F3N4O4. The predicted octanol–water partition coefficient (Wildman–Crippen LogP) is 8.45. The Morgan fingerprint density at radius 3 is 2.25 bits per heavy atom. The van der Waals surface area contributed by atoms with Gasteiger partial charge in [0, 0.05) is 48.7 Å². The summed E-state index contributed by atoms with van der Waals surface area (Å²) in [6, 6.07) is 7.42. The zero-order valence-electron chi connectivity index (χ0n) is 30.4. The van der Waals surface area contributed by atoms with Gasteiger partial charge in [-0.15, -0.1) is 0 Å². The van der Waals surface area contributed by atoms with Crippen LogP contribution < -0.4 is 9.64 Å². The van der Waals surface area contributed by atoms with Gasteiger partial charge >= 0.3 is 0 Å². The number of pyridine rings is 1. The molecule has 4 heterocycles. The van der Waals surface area contributed by atoms with Gasteiger partial charge in [0.25, 0.3) is 0 Å². The summed E-state index contributed by atoms with van der Waals surface area (Å²) in [5.41, 5.74) is 4.75. The fraction of sp³-hybridized carbons (Fsp3) is 0.625. The maximum absolute atomic E-state index is 17.3. The summed E-state index contributed by atoms with van der Waals surface area (Å²) in [6.07, 6.45) is 3.42. The van der Waals surface area contributed by atoms with E-state index in [-0.39, 0.29) is 49.0 Å². The number of benzene rings is 1. The Labute approximate surface area is 299 Å². The van der Waals surface area contributed by atoms with Gasteiger partial charge in [-0.3, -0.25) is 4.98 Å². The standard InChI is InChI=1S/C40H51F3N4O4/c1-24-6-8-26(9-7-24)35(41)34-32(25-10-14-40(42,43)15-11-25)33-30(18-38(2,3)19-31(33)48)46-36(34)27-12-16-47(17-13-27)37-44-20-28(21-45-37)49-22-29-23-50-39(4,5)51-29/h6-9,20-21,25,27,29,31,35,48H,10-19,22-23H2,1-5H3/t29?,31-,35-/m0/s1. The Morgan fingerprint density at radius 1 is 0.961 bits per heavy atom. The van der Waals surface area contributed by atoms with E-state index < -0.39 is 24.0 Å². The number of halogens is 3. The molecule has 2 saturated heterocycles. The summed E-state index contributed by atoms with van der Waals surface area (Å²) < 4.78 is 63.6. The molecule has 0 amide bonds. The molecule has 0 bridgehead atoms. The number of ether oxygens (including phenoxy) is 3. The number of nitrogens with zero attached hydrogens (tertiary/aromatic N) is 4. The van der Waals surface area contributed by atoms with Gasteiger partial charge in [0.15, 0.2) is 17.7 Å². The van der Waals surface area contributed by atoms with E-state index in [4.69, 9.17) is 19.2 Å². The van der Waals surface area contributed by atoms with Crippen LogP contribution in [0.2, 0.25) is 0 Å². The Bertz CT molecular complexity index is 1680. The largest absolute Gasteiger partial charge is 0.488 e. The highest BCUT2D eigenvalue weighted by Crippen LogP contribution is 2.52. The van der Waals surface area contributed by atoms with Gasteiger partial charge in [-0.25, -0.2) is 23.1 Å². The molecule has 3 aromatic rings. The number of hydrogen-bond acceptors (Lipinski definition) is 8. The highest BCUT2D eigenvalue weighted by atomic mass is 19.3. The van der Waals surface area contributed by atoms with Gasteiger partial charge in [-0.1, -0.05) is 43.7 Å². The minimum Gasteiger partial charge on any atom is -0.488 e. The molecule has 4 aliphatic rings. The van der Waals surface area contributed by atoms with Crippen molar-refractivity contribution < 1.29 is 32.5 Å². The molecule has 0 radical (unpaired) electrons. The second-order valence-corrected chi connectivity index (χ2v) is 16.4. The lowest BCUT2D eigenvalue weighted by Crippen LogP contribution is -2.36. The second kappa shape index (κ2) is 13.9. The molecule has 51 heavy (non-hydrogen) atoms. The first-order valence-corrected chi connectivity index (χ1v) is 18.5. The minimum absolute atomic E-state index is 0.0586. The maximum atomic E-state index is 17.3. The van der Waals surface area contributed by atoms with E-state index in [0.29, 0.717) is 86.1 Å². The molecule has 1 aromatic carbocycles.